The van der Waals surface area contributed by atoms with Crippen LogP contribution < -0.4 is 5.32 Å². The molecular formula is C11H8BrF3N4S. The molecule has 0 aliphatic carbocycles. The zero-order valence-corrected chi connectivity index (χ0v) is 12.5. The van der Waals surface area contributed by atoms with Crippen LogP contribution >= 0.6 is 27.7 Å². The second kappa shape index (κ2) is 5.96. The molecule has 2 rings (SSSR count). The number of hydrogen-bond acceptors (Lipinski definition) is 5. The van der Waals surface area contributed by atoms with Gasteiger partial charge in [-0.25, -0.2) is 15.0 Å². The Hall–Kier alpha value is -1.35. The van der Waals surface area contributed by atoms with Crippen LogP contribution in [-0.4, -0.2) is 22.0 Å². The largest absolute Gasteiger partial charge is 0.417 e. The van der Waals surface area contributed by atoms with Crippen LogP contribution in [0.25, 0.3) is 0 Å². The van der Waals surface area contributed by atoms with E-state index in [-0.39, 0.29) is 0 Å². The zero-order chi connectivity index (χ0) is 14.8. The summed E-state index contributed by atoms with van der Waals surface area (Å²) in [6, 6.07) is 2.30. The average molecular weight is 365 g/mol. The third-order valence-corrected chi connectivity index (χ3v) is 4.23. The van der Waals surface area contributed by atoms with Crippen molar-refractivity contribution in [2.75, 3.05) is 12.4 Å². The van der Waals surface area contributed by atoms with E-state index >= 15 is 0 Å². The zero-order valence-electron chi connectivity index (χ0n) is 10.1. The molecule has 2 aromatic rings. The molecule has 0 spiro atoms. The molecule has 4 nitrogen and oxygen atoms in total. The Labute approximate surface area is 125 Å². The molecule has 2 aromatic heterocycles. The van der Waals surface area contributed by atoms with E-state index in [1.165, 1.54) is 12.4 Å². The van der Waals surface area contributed by atoms with Gasteiger partial charge >= 0.3 is 6.18 Å². The van der Waals surface area contributed by atoms with Gasteiger partial charge in [-0.3, -0.25) is 0 Å². The maximum atomic E-state index is 12.4. The Kier molecular flexibility index (Phi) is 4.48. The topological polar surface area (TPSA) is 50.7 Å². The Morgan fingerprint density at radius 1 is 1.20 bits per heavy atom. The molecular weight excluding hydrogens is 357 g/mol. The quantitative estimate of drug-likeness (QED) is 0.838. The van der Waals surface area contributed by atoms with Gasteiger partial charge in [0, 0.05) is 13.2 Å². The van der Waals surface area contributed by atoms with E-state index in [9.17, 15) is 13.2 Å². The lowest BCUT2D eigenvalue weighted by Crippen LogP contribution is -2.05. The Balaban J connectivity index is 2.23. The monoisotopic (exact) mass is 364 g/mol. The van der Waals surface area contributed by atoms with Crippen molar-refractivity contribution < 1.29 is 13.2 Å². The van der Waals surface area contributed by atoms with Crippen molar-refractivity contribution in [1.82, 2.24) is 15.0 Å². The van der Waals surface area contributed by atoms with Crippen LogP contribution in [0.1, 0.15) is 5.56 Å². The molecule has 0 saturated carbocycles. The first kappa shape index (κ1) is 15.0. The third kappa shape index (κ3) is 3.40. The van der Waals surface area contributed by atoms with Crippen LogP contribution in [0.4, 0.5) is 19.0 Å². The Bertz CT molecular complexity index is 604. The highest BCUT2D eigenvalue weighted by molar-refractivity contribution is 9.10. The summed E-state index contributed by atoms with van der Waals surface area (Å²) in [4.78, 5) is 11.8. The van der Waals surface area contributed by atoms with E-state index in [0.717, 1.165) is 24.0 Å². The van der Waals surface area contributed by atoms with E-state index in [1.807, 2.05) is 0 Å². The van der Waals surface area contributed by atoms with Crippen molar-refractivity contribution in [3.05, 3.63) is 34.7 Å². The molecule has 106 valence electrons. The second-order valence-electron chi connectivity index (χ2n) is 3.58. The number of aromatic nitrogens is 3. The van der Waals surface area contributed by atoms with Crippen LogP contribution in [0.2, 0.25) is 0 Å². The van der Waals surface area contributed by atoms with Gasteiger partial charge in [0.2, 0.25) is 0 Å². The first-order valence-corrected chi connectivity index (χ1v) is 6.92. The van der Waals surface area contributed by atoms with E-state index in [4.69, 9.17) is 0 Å². The minimum Gasteiger partial charge on any atom is -0.372 e. The molecule has 0 amide bonds. The molecule has 0 aromatic carbocycles. The summed E-state index contributed by atoms with van der Waals surface area (Å²) in [6.45, 7) is 0. The molecule has 20 heavy (non-hydrogen) atoms. The van der Waals surface area contributed by atoms with Crippen LogP contribution in [0.5, 0.6) is 0 Å². The molecule has 1 N–H and O–H groups in total. The fourth-order valence-corrected chi connectivity index (χ4v) is 2.68. The normalized spacial score (nSPS) is 11.4. The molecule has 0 aliphatic rings. The lowest BCUT2D eigenvalue weighted by atomic mass is 10.3. The van der Waals surface area contributed by atoms with Crippen molar-refractivity contribution in [2.45, 2.75) is 16.2 Å². The summed E-state index contributed by atoms with van der Waals surface area (Å²) in [5.41, 5.74) is -0.778. The highest BCUT2D eigenvalue weighted by Gasteiger charge is 2.30. The maximum absolute atomic E-state index is 12.4. The molecule has 0 fully saturated rings. The molecule has 0 saturated heterocycles. The van der Waals surface area contributed by atoms with Gasteiger partial charge in [0.05, 0.1) is 10.0 Å². The van der Waals surface area contributed by atoms with E-state index in [1.54, 1.807) is 7.05 Å². The number of rotatable bonds is 3. The summed E-state index contributed by atoms with van der Waals surface area (Å²) < 4.78 is 37.9. The van der Waals surface area contributed by atoms with Crippen molar-refractivity contribution >= 4 is 33.5 Å². The fourth-order valence-electron chi connectivity index (χ4n) is 1.31. The number of hydrogen-bond donors (Lipinski definition) is 1. The lowest BCUT2D eigenvalue weighted by molar-refractivity contribution is -0.137. The van der Waals surface area contributed by atoms with E-state index in [0.29, 0.717) is 20.3 Å². The maximum Gasteiger partial charge on any atom is 0.417 e. The van der Waals surface area contributed by atoms with Crippen LogP contribution in [0.15, 0.2) is 39.2 Å². The molecule has 0 aliphatic heterocycles. The fraction of sp³-hybridized carbons (Fsp3) is 0.182. The highest BCUT2D eigenvalue weighted by atomic mass is 79.9. The number of nitrogens with zero attached hydrogens (tertiary/aromatic N) is 3. The Morgan fingerprint density at radius 3 is 2.50 bits per heavy atom. The molecule has 0 bridgehead atoms. The number of pyridine rings is 1. The van der Waals surface area contributed by atoms with Crippen molar-refractivity contribution in [1.29, 1.82) is 0 Å². The molecule has 0 atom stereocenters. The number of anilines is 1. The SMILES string of the molecule is CNc1ncnc(Sc2ccc(C(F)(F)F)cn2)c1Br. The second-order valence-corrected chi connectivity index (χ2v) is 5.38. The first-order chi connectivity index (χ1) is 9.41. The first-order valence-electron chi connectivity index (χ1n) is 5.31. The average Bonchev–Trinajstić information content (AvgIpc) is 2.41. The van der Waals surface area contributed by atoms with Gasteiger partial charge < -0.3 is 5.32 Å². The van der Waals surface area contributed by atoms with Gasteiger partial charge in [0.15, 0.2) is 0 Å². The van der Waals surface area contributed by atoms with Crippen molar-refractivity contribution in [2.24, 2.45) is 0 Å². The lowest BCUT2D eigenvalue weighted by Gasteiger charge is -2.08. The molecule has 0 unspecified atom stereocenters. The van der Waals surface area contributed by atoms with Crippen LogP contribution in [-0.2, 0) is 6.18 Å². The van der Waals surface area contributed by atoms with Gasteiger partial charge in [0.1, 0.15) is 22.2 Å². The molecule has 9 heteroatoms. The predicted molar refractivity (Wildman–Crippen MR) is 72.6 cm³/mol. The smallest absolute Gasteiger partial charge is 0.372 e. The molecule has 2 heterocycles. The summed E-state index contributed by atoms with van der Waals surface area (Å²) in [5, 5.41) is 3.85. The van der Waals surface area contributed by atoms with Gasteiger partial charge in [-0.05, 0) is 39.8 Å². The van der Waals surface area contributed by atoms with Crippen LogP contribution in [0.3, 0.4) is 0 Å². The van der Waals surface area contributed by atoms with Gasteiger partial charge in [-0.1, -0.05) is 0 Å². The van der Waals surface area contributed by atoms with Gasteiger partial charge in [-0.15, -0.1) is 0 Å². The summed E-state index contributed by atoms with van der Waals surface area (Å²) >= 11 is 4.48. The Morgan fingerprint density at radius 2 is 1.95 bits per heavy atom. The highest BCUT2D eigenvalue weighted by Crippen LogP contribution is 2.35. The number of nitrogens with one attached hydrogen (secondary N) is 1. The predicted octanol–water partition coefficient (Wildman–Crippen LogP) is 3.85. The third-order valence-electron chi connectivity index (χ3n) is 2.26. The summed E-state index contributed by atoms with van der Waals surface area (Å²) in [5.74, 6) is 0.592. The molecule has 0 radical (unpaired) electrons. The van der Waals surface area contributed by atoms with Crippen LogP contribution in [0, 0.1) is 0 Å². The minimum absolute atomic E-state index is 0.416. The van der Waals surface area contributed by atoms with Gasteiger partial charge in [-0.2, -0.15) is 13.2 Å². The van der Waals surface area contributed by atoms with E-state index in [2.05, 4.69) is 36.2 Å². The minimum atomic E-state index is -4.38. The number of alkyl halides is 3. The number of halogens is 4. The van der Waals surface area contributed by atoms with Crippen molar-refractivity contribution in [3.63, 3.8) is 0 Å². The van der Waals surface area contributed by atoms with Crippen molar-refractivity contribution in [3.8, 4) is 0 Å². The standard InChI is InChI=1S/C11H8BrF3N4S/c1-16-9-8(12)10(19-5-18-9)20-7-3-2-6(4-17-7)11(13,14)15/h2-5H,1H3,(H,16,18,19). The van der Waals surface area contributed by atoms with Gasteiger partial charge in [0.25, 0.3) is 0 Å². The summed E-state index contributed by atoms with van der Waals surface area (Å²) in [6.07, 6.45) is -2.22. The summed E-state index contributed by atoms with van der Waals surface area (Å²) in [7, 11) is 1.71. The van der Waals surface area contributed by atoms with E-state index < -0.39 is 11.7 Å².